The first kappa shape index (κ1) is 11.8. The molecule has 6 heteroatoms. The summed E-state index contributed by atoms with van der Waals surface area (Å²) in [4.78, 5) is 14.8. The van der Waals surface area contributed by atoms with Gasteiger partial charge in [-0.25, -0.2) is 9.37 Å². The Balaban J connectivity index is 2.30. The first-order valence-corrected chi connectivity index (χ1v) is 5.06. The second-order valence-corrected chi connectivity index (χ2v) is 3.51. The number of pyridine rings is 1. The molecule has 2 rings (SSSR count). The molecule has 0 spiro atoms. The van der Waals surface area contributed by atoms with Crippen molar-refractivity contribution in [2.45, 2.75) is 0 Å². The SMILES string of the molecule is NC(=O)c1ccc(N)c(Oc2ccc(F)cc2)n1. The zero-order chi connectivity index (χ0) is 13.1. The topological polar surface area (TPSA) is 91.2 Å². The van der Waals surface area contributed by atoms with Crippen molar-refractivity contribution in [2.75, 3.05) is 5.73 Å². The molecule has 0 fully saturated rings. The highest BCUT2D eigenvalue weighted by atomic mass is 19.1. The number of nitrogens with zero attached hydrogens (tertiary/aromatic N) is 1. The van der Waals surface area contributed by atoms with E-state index in [1.54, 1.807) is 0 Å². The number of carbonyl (C=O) groups is 1. The summed E-state index contributed by atoms with van der Waals surface area (Å²) >= 11 is 0. The summed E-state index contributed by atoms with van der Waals surface area (Å²) in [5, 5.41) is 0. The highest BCUT2D eigenvalue weighted by Gasteiger charge is 2.09. The molecule has 18 heavy (non-hydrogen) atoms. The van der Waals surface area contributed by atoms with Crippen molar-refractivity contribution in [3.63, 3.8) is 0 Å². The Kier molecular flexibility index (Phi) is 3.09. The van der Waals surface area contributed by atoms with E-state index in [1.165, 1.54) is 36.4 Å². The highest BCUT2D eigenvalue weighted by Crippen LogP contribution is 2.25. The number of aromatic nitrogens is 1. The van der Waals surface area contributed by atoms with Crippen LogP contribution in [0, 0.1) is 5.82 Å². The molecule has 0 aliphatic carbocycles. The number of primary amides is 1. The second kappa shape index (κ2) is 4.70. The normalized spacial score (nSPS) is 10.1. The number of rotatable bonds is 3. The molecule has 0 radical (unpaired) electrons. The summed E-state index contributed by atoms with van der Waals surface area (Å²) in [7, 11) is 0. The molecule has 2 aromatic rings. The fourth-order valence-corrected chi connectivity index (χ4v) is 1.28. The van der Waals surface area contributed by atoms with Crippen LogP contribution in [-0.4, -0.2) is 10.9 Å². The lowest BCUT2D eigenvalue weighted by molar-refractivity contribution is 0.0995. The van der Waals surface area contributed by atoms with Crippen molar-refractivity contribution in [3.8, 4) is 11.6 Å². The van der Waals surface area contributed by atoms with Gasteiger partial charge in [-0.2, -0.15) is 0 Å². The number of hydrogen-bond donors (Lipinski definition) is 2. The van der Waals surface area contributed by atoms with Crippen LogP contribution < -0.4 is 16.2 Å². The lowest BCUT2D eigenvalue weighted by Crippen LogP contribution is -2.13. The Hall–Kier alpha value is -2.63. The van der Waals surface area contributed by atoms with Crippen molar-refractivity contribution in [3.05, 3.63) is 47.9 Å². The van der Waals surface area contributed by atoms with E-state index in [1.807, 2.05) is 0 Å². The number of hydrogen-bond acceptors (Lipinski definition) is 4. The third kappa shape index (κ3) is 2.54. The first-order valence-electron chi connectivity index (χ1n) is 5.06. The minimum atomic E-state index is -0.682. The number of carbonyl (C=O) groups excluding carboxylic acids is 1. The highest BCUT2D eigenvalue weighted by molar-refractivity contribution is 5.91. The molecule has 0 saturated heterocycles. The van der Waals surface area contributed by atoms with Gasteiger partial charge in [-0.15, -0.1) is 0 Å². The van der Waals surface area contributed by atoms with E-state index in [9.17, 15) is 9.18 Å². The van der Waals surface area contributed by atoms with Crippen molar-refractivity contribution in [2.24, 2.45) is 5.73 Å². The van der Waals surface area contributed by atoms with Gasteiger partial charge < -0.3 is 16.2 Å². The van der Waals surface area contributed by atoms with E-state index in [4.69, 9.17) is 16.2 Å². The molecule has 0 unspecified atom stereocenters. The van der Waals surface area contributed by atoms with E-state index in [0.29, 0.717) is 5.75 Å². The standard InChI is InChI=1S/C12H10FN3O2/c13-7-1-3-8(4-2-7)18-12-9(14)5-6-10(16-12)11(15)17/h1-6H,14H2,(H2,15,17). The predicted molar refractivity (Wildman–Crippen MR) is 63.6 cm³/mol. The maximum absolute atomic E-state index is 12.7. The van der Waals surface area contributed by atoms with E-state index < -0.39 is 5.91 Å². The van der Waals surface area contributed by atoms with Crippen molar-refractivity contribution in [1.29, 1.82) is 0 Å². The van der Waals surface area contributed by atoms with Gasteiger partial charge in [-0.05, 0) is 36.4 Å². The minimum Gasteiger partial charge on any atom is -0.437 e. The van der Waals surface area contributed by atoms with Gasteiger partial charge in [0.15, 0.2) is 0 Å². The van der Waals surface area contributed by atoms with Crippen molar-refractivity contribution in [1.82, 2.24) is 4.98 Å². The van der Waals surface area contributed by atoms with Crippen molar-refractivity contribution >= 4 is 11.6 Å². The molecule has 0 bridgehead atoms. The summed E-state index contributed by atoms with van der Waals surface area (Å²) < 4.78 is 18.1. The number of halogens is 1. The largest absolute Gasteiger partial charge is 0.437 e. The Labute approximate surface area is 102 Å². The zero-order valence-corrected chi connectivity index (χ0v) is 9.26. The Morgan fingerprint density at radius 3 is 2.44 bits per heavy atom. The number of anilines is 1. The van der Waals surface area contributed by atoms with Gasteiger partial charge in [0.05, 0.1) is 5.69 Å². The van der Waals surface area contributed by atoms with Crippen LogP contribution in [0.25, 0.3) is 0 Å². The molecule has 5 nitrogen and oxygen atoms in total. The first-order chi connectivity index (χ1) is 8.56. The average Bonchev–Trinajstić information content (AvgIpc) is 2.34. The van der Waals surface area contributed by atoms with Crippen LogP contribution in [-0.2, 0) is 0 Å². The summed E-state index contributed by atoms with van der Waals surface area (Å²) in [5.74, 6) is -0.650. The summed E-state index contributed by atoms with van der Waals surface area (Å²) in [6.45, 7) is 0. The summed E-state index contributed by atoms with van der Waals surface area (Å²) in [6, 6.07) is 8.19. The fraction of sp³-hybridized carbons (Fsp3) is 0. The van der Waals surface area contributed by atoms with E-state index >= 15 is 0 Å². The molecule has 0 saturated carbocycles. The molecule has 1 aromatic carbocycles. The third-order valence-corrected chi connectivity index (χ3v) is 2.17. The van der Waals surface area contributed by atoms with Gasteiger partial charge in [-0.1, -0.05) is 0 Å². The zero-order valence-electron chi connectivity index (χ0n) is 9.26. The van der Waals surface area contributed by atoms with E-state index in [-0.39, 0.29) is 23.1 Å². The van der Waals surface area contributed by atoms with Gasteiger partial charge in [0.1, 0.15) is 17.3 Å². The maximum Gasteiger partial charge on any atom is 0.267 e. The molecule has 1 amide bonds. The Morgan fingerprint density at radius 1 is 1.17 bits per heavy atom. The minimum absolute atomic E-state index is 0.0429. The maximum atomic E-state index is 12.7. The van der Waals surface area contributed by atoms with Gasteiger partial charge in [-0.3, -0.25) is 4.79 Å². The molecule has 0 aliphatic rings. The molecule has 92 valence electrons. The molecule has 4 N–H and O–H groups in total. The molecule has 0 atom stereocenters. The van der Waals surface area contributed by atoms with Crippen LogP contribution in [0.2, 0.25) is 0 Å². The van der Waals surface area contributed by atoms with E-state index in [0.717, 1.165) is 0 Å². The number of nitrogen functional groups attached to an aromatic ring is 1. The number of nitrogens with two attached hydrogens (primary N) is 2. The lowest BCUT2D eigenvalue weighted by atomic mass is 10.3. The lowest BCUT2D eigenvalue weighted by Gasteiger charge is -2.08. The number of ether oxygens (including phenoxy) is 1. The van der Waals surface area contributed by atoms with Gasteiger partial charge in [0, 0.05) is 0 Å². The molecule has 1 heterocycles. The molecule has 1 aromatic heterocycles. The number of benzene rings is 1. The monoisotopic (exact) mass is 247 g/mol. The quantitative estimate of drug-likeness (QED) is 0.863. The van der Waals surface area contributed by atoms with Gasteiger partial charge in [0.2, 0.25) is 5.88 Å². The van der Waals surface area contributed by atoms with Gasteiger partial charge in [0.25, 0.3) is 5.91 Å². The smallest absolute Gasteiger partial charge is 0.267 e. The van der Waals surface area contributed by atoms with Crippen LogP contribution in [0.3, 0.4) is 0 Å². The van der Waals surface area contributed by atoms with E-state index in [2.05, 4.69) is 4.98 Å². The number of amides is 1. The van der Waals surface area contributed by atoms with Crippen LogP contribution in [0.5, 0.6) is 11.6 Å². The van der Waals surface area contributed by atoms with Crippen LogP contribution >= 0.6 is 0 Å². The molecular formula is C12H10FN3O2. The molecule has 0 aliphatic heterocycles. The third-order valence-electron chi connectivity index (χ3n) is 2.17. The van der Waals surface area contributed by atoms with Crippen LogP contribution in [0.15, 0.2) is 36.4 Å². The second-order valence-electron chi connectivity index (χ2n) is 3.51. The Morgan fingerprint density at radius 2 is 1.83 bits per heavy atom. The predicted octanol–water partition coefficient (Wildman–Crippen LogP) is 1.69. The Bertz CT molecular complexity index is 584. The van der Waals surface area contributed by atoms with Crippen LogP contribution in [0.4, 0.5) is 10.1 Å². The summed E-state index contributed by atoms with van der Waals surface area (Å²) in [5.41, 5.74) is 11.0. The van der Waals surface area contributed by atoms with Crippen LogP contribution in [0.1, 0.15) is 10.5 Å². The van der Waals surface area contributed by atoms with Gasteiger partial charge >= 0.3 is 0 Å². The van der Waals surface area contributed by atoms with Crippen molar-refractivity contribution < 1.29 is 13.9 Å². The summed E-state index contributed by atoms with van der Waals surface area (Å²) in [6.07, 6.45) is 0. The molecular weight excluding hydrogens is 237 g/mol. The fourth-order valence-electron chi connectivity index (χ4n) is 1.28. The average molecular weight is 247 g/mol.